The van der Waals surface area contributed by atoms with Crippen LogP contribution in [0.1, 0.15) is 11.1 Å². The molecule has 2 heterocycles. The number of rotatable bonds is 6. The third kappa shape index (κ3) is 3.90. The fourth-order valence-electron chi connectivity index (χ4n) is 3.57. The number of halogens is 1. The van der Waals surface area contributed by atoms with Crippen LogP contribution >= 0.6 is 23.4 Å². The van der Waals surface area contributed by atoms with Gasteiger partial charge in [-0.1, -0.05) is 71.9 Å². The zero-order chi connectivity index (χ0) is 22.1. The summed E-state index contributed by atoms with van der Waals surface area (Å²) in [6, 6.07) is 22.3. The minimum atomic E-state index is -0.407. The van der Waals surface area contributed by atoms with Gasteiger partial charge in [-0.3, -0.25) is 10.1 Å². The molecular weight excluding hydrogens is 446 g/mol. The first-order valence-corrected chi connectivity index (χ1v) is 11.2. The molecule has 5 aromatic rings. The van der Waals surface area contributed by atoms with E-state index in [1.165, 1.54) is 23.9 Å². The fraction of sp³-hybridized carbons (Fsp3) is 0.0870. The van der Waals surface area contributed by atoms with Gasteiger partial charge in [0.15, 0.2) is 5.65 Å². The maximum absolute atomic E-state index is 10.8. The van der Waals surface area contributed by atoms with E-state index in [1.807, 2.05) is 48.5 Å². The summed E-state index contributed by atoms with van der Waals surface area (Å²) in [4.78, 5) is 15.2. The molecule has 2 aromatic heterocycles. The Morgan fingerprint density at radius 1 is 0.969 bits per heavy atom. The minimum absolute atomic E-state index is 0.0715. The summed E-state index contributed by atoms with van der Waals surface area (Å²) >= 11 is 7.85. The molecule has 0 radical (unpaired) electrons. The average molecular weight is 462 g/mol. The van der Waals surface area contributed by atoms with E-state index < -0.39 is 4.92 Å². The molecule has 0 aliphatic carbocycles. The Morgan fingerprint density at radius 3 is 2.50 bits per heavy atom. The summed E-state index contributed by atoms with van der Waals surface area (Å²) in [5.41, 5.74) is 4.51. The lowest BCUT2D eigenvalue weighted by Crippen LogP contribution is -2.03. The molecule has 5 rings (SSSR count). The molecule has 0 unspecified atom stereocenters. The van der Waals surface area contributed by atoms with E-state index in [-0.39, 0.29) is 5.69 Å². The maximum Gasteiger partial charge on any atom is 0.269 e. The van der Waals surface area contributed by atoms with Gasteiger partial charge in [0.1, 0.15) is 5.52 Å². The van der Waals surface area contributed by atoms with E-state index in [1.54, 1.807) is 12.1 Å². The topological polar surface area (TPSA) is 86.7 Å². The van der Waals surface area contributed by atoms with Crippen molar-refractivity contribution in [3.63, 3.8) is 0 Å². The van der Waals surface area contributed by atoms with Crippen LogP contribution in [0.3, 0.4) is 0 Å². The molecule has 0 atom stereocenters. The molecule has 0 saturated carbocycles. The summed E-state index contributed by atoms with van der Waals surface area (Å²) in [5, 5.41) is 21.8. The maximum atomic E-state index is 10.8. The molecule has 9 heteroatoms. The highest BCUT2D eigenvalue weighted by Crippen LogP contribution is 2.30. The second-order valence-electron chi connectivity index (χ2n) is 7.17. The van der Waals surface area contributed by atoms with Crippen molar-refractivity contribution in [2.75, 3.05) is 0 Å². The standard InChI is InChI=1S/C23H16ClN5O2S/c24-19-7-3-1-5-16(19)13-28-20-8-4-2-6-18(20)21-22(28)25-23(27-26-21)32-14-15-9-11-17(12-10-15)29(30)31/h1-12H,13-14H2. The van der Waals surface area contributed by atoms with Crippen molar-refractivity contribution in [2.45, 2.75) is 17.5 Å². The second-order valence-corrected chi connectivity index (χ2v) is 8.52. The van der Waals surface area contributed by atoms with Gasteiger partial charge in [-0.05, 0) is 23.3 Å². The van der Waals surface area contributed by atoms with Crippen molar-refractivity contribution in [1.82, 2.24) is 19.7 Å². The quantitative estimate of drug-likeness (QED) is 0.178. The van der Waals surface area contributed by atoms with Gasteiger partial charge in [-0.15, -0.1) is 10.2 Å². The molecule has 0 fully saturated rings. The Labute approximate surface area is 192 Å². The Kier molecular flexibility index (Phi) is 5.46. The predicted molar refractivity (Wildman–Crippen MR) is 126 cm³/mol. The number of aromatic nitrogens is 4. The van der Waals surface area contributed by atoms with Crippen LogP contribution in [0.25, 0.3) is 22.1 Å². The smallest absolute Gasteiger partial charge is 0.269 e. The SMILES string of the molecule is O=[N+]([O-])c1ccc(CSc2nnc3c4ccccc4n(Cc4ccccc4Cl)c3n2)cc1. The number of nitrogens with zero attached hydrogens (tertiary/aromatic N) is 5. The lowest BCUT2D eigenvalue weighted by Gasteiger charge is -2.09. The molecule has 0 saturated heterocycles. The van der Waals surface area contributed by atoms with Gasteiger partial charge < -0.3 is 4.57 Å². The minimum Gasteiger partial charge on any atom is -0.319 e. The molecule has 0 aliphatic heterocycles. The summed E-state index contributed by atoms with van der Waals surface area (Å²) in [6.07, 6.45) is 0. The Morgan fingerprint density at radius 2 is 1.72 bits per heavy atom. The number of non-ortho nitro benzene ring substituents is 1. The van der Waals surface area contributed by atoms with Crippen LogP contribution in [0.5, 0.6) is 0 Å². The van der Waals surface area contributed by atoms with Crippen molar-refractivity contribution in [1.29, 1.82) is 0 Å². The number of para-hydroxylation sites is 1. The normalized spacial score (nSPS) is 11.3. The van der Waals surface area contributed by atoms with Crippen LogP contribution in [0.15, 0.2) is 78.0 Å². The number of hydrogen-bond acceptors (Lipinski definition) is 6. The molecule has 0 bridgehead atoms. The molecule has 7 nitrogen and oxygen atoms in total. The highest BCUT2D eigenvalue weighted by molar-refractivity contribution is 7.98. The third-order valence-corrected chi connectivity index (χ3v) is 6.43. The van der Waals surface area contributed by atoms with Crippen LogP contribution in [0.2, 0.25) is 5.02 Å². The van der Waals surface area contributed by atoms with E-state index in [0.717, 1.165) is 33.2 Å². The zero-order valence-corrected chi connectivity index (χ0v) is 18.3. The summed E-state index contributed by atoms with van der Waals surface area (Å²) < 4.78 is 2.11. The van der Waals surface area contributed by atoms with E-state index in [4.69, 9.17) is 16.6 Å². The Bertz CT molecular complexity index is 1450. The van der Waals surface area contributed by atoms with E-state index in [9.17, 15) is 10.1 Å². The summed E-state index contributed by atoms with van der Waals surface area (Å²) in [5.74, 6) is 0.579. The van der Waals surface area contributed by atoms with E-state index >= 15 is 0 Å². The number of nitro benzene ring substituents is 1. The molecule has 0 amide bonds. The first-order chi connectivity index (χ1) is 15.6. The van der Waals surface area contributed by atoms with Gasteiger partial charge in [0.25, 0.3) is 5.69 Å². The molecule has 0 spiro atoms. The van der Waals surface area contributed by atoms with E-state index in [2.05, 4.69) is 14.8 Å². The number of benzene rings is 3. The molecule has 32 heavy (non-hydrogen) atoms. The molecule has 0 aliphatic rings. The lowest BCUT2D eigenvalue weighted by atomic mass is 10.2. The number of nitro groups is 1. The van der Waals surface area contributed by atoms with Gasteiger partial charge >= 0.3 is 0 Å². The Hall–Kier alpha value is -3.49. The molecular formula is C23H16ClN5O2S. The summed E-state index contributed by atoms with van der Waals surface area (Å²) in [6.45, 7) is 0.564. The summed E-state index contributed by atoms with van der Waals surface area (Å²) in [7, 11) is 0. The second kappa shape index (κ2) is 8.57. The third-order valence-electron chi connectivity index (χ3n) is 5.16. The van der Waals surface area contributed by atoms with Gasteiger partial charge in [0.05, 0.1) is 17.0 Å². The van der Waals surface area contributed by atoms with Crippen LogP contribution in [-0.4, -0.2) is 24.7 Å². The predicted octanol–water partition coefficient (Wildman–Crippen LogP) is 5.88. The number of fused-ring (bicyclic) bond motifs is 3. The molecule has 3 aromatic carbocycles. The molecule has 0 N–H and O–H groups in total. The number of thioether (sulfide) groups is 1. The van der Waals surface area contributed by atoms with Crippen LogP contribution < -0.4 is 0 Å². The fourth-order valence-corrected chi connectivity index (χ4v) is 4.50. The molecule has 158 valence electrons. The largest absolute Gasteiger partial charge is 0.319 e. The van der Waals surface area contributed by atoms with Gasteiger partial charge in [0.2, 0.25) is 5.16 Å². The first kappa shape index (κ1) is 20.4. The first-order valence-electron chi connectivity index (χ1n) is 9.81. The van der Waals surface area contributed by atoms with Crippen LogP contribution in [0.4, 0.5) is 5.69 Å². The zero-order valence-electron chi connectivity index (χ0n) is 16.7. The van der Waals surface area contributed by atoms with Crippen molar-refractivity contribution >= 4 is 51.1 Å². The average Bonchev–Trinajstić information content (AvgIpc) is 3.12. The van der Waals surface area contributed by atoms with Crippen molar-refractivity contribution in [3.05, 3.63) is 99.1 Å². The van der Waals surface area contributed by atoms with Gasteiger partial charge in [-0.25, -0.2) is 4.98 Å². The van der Waals surface area contributed by atoms with Crippen molar-refractivity contribution < 1.29 is 4.92 Å². The van der Waals surface area contributed by atoms with Crippen molar-refractivity contribution in [3.8, 4) is 0 Å². The van der Waals surface area contributed by atoms with Gasteiger partial charge in [0, 0.05) is 28.3 Å². The monoisotopic (exact) mass is 461 g/mol. The highest BCUT2D eigenvalue weighted by Gasteiger charge is 2.16. The van der Waals surface area contributed by atoms with Crippen molar-refractivity contribution in [2.24, 2.45) is 0 Å². The van der Waals surface area contributed by atoms with E-state index in [0.29, 0.717) is 22.5 Å². The van der Waals surface area contributed by atoms with Gasteiger partial charge in [-0.2, -0.15) is 0 Å². The van der Waals surface area contributed by atoms with Crippen LogP contribution in [-0.2, 0) is 12.3 Å². The highest BCUT2D eigenvalue weighted by atomic mass is 35.5. The Balaban J connectivity index is 1.50. The lowest BCUT2D eigenvalue weighted by molar-refractivity contribution is -0.384. The van der Waals surface area contributed by atoms with Crippen LogP contribution in [0, 0.1) is 10.1 Å². The number of hydrogen-bond donors (Lipinski definition) is 0.